The van der Waals surface area contributed by atoms with Crippen molar-refractivity contribution in [1.29, 1.82) is 0 Å². The van der Waals surface area contributed by atoms with Crippen molar-refractivity contribution in [3.05, 3.63) is 110 Å². The van der Waals surface area contributed by atoms with Crippen LogP contribution < -0.4 is 0 Å². The molecule has 6 aromatic rings. The molecule has 0 bridgehead atoms. The zero-order valence-electron chi connectivity index (χ0n) is 22.8. The van der Waals surface area contributed by atoms with Crippen molar-refractivity contribution < 1.29 is 58.9 Å². The predicted octanol–water partition coefficient (Wildman–Crippen LogP) is 5.44. The highest BCUT2D eigenvalue weighted by atomic mass is 16.6. The molecule has 14 nitrogen and oxygen atoms in total. The molecule has 0 saturated heterocycles. The van der Waals surface area contributed by atoms with Gasteiger partial charge in [0.25, 0.3) is 5.69 Å². The molecule has 0 unspecified atom stereocenters. The van der Waals surface area contributed by atoms with E-state index in [-0.39, 0.29) is 44.2 Å². The van der Waals surface area contributed by atoms with Gasteiger partial charge in [0.15, 0.2) is 5.56 Å². The number of esters is 2. The summed E-state index contributed by atoms with van der Waals surface area (Å²) in [7, 11) is 0. The first-order chi connectivity index (χ1) is 21.8. The van der Waals surface area contributed by atoms with E-state index >= 15 is 0 Å². The second kappa shape index (κ2) is 10.3. The highest BCUT2D eigenvalue weighted by molar-refractivity contribution is 6.38. The lowest BCUT2D eigenvalue weighted by Gasteiger charge is -2.18. The average Bonchev–Trinajstić information content (AvgIpc) is 3.31. The Balaban J connectivity index is 0.000000221. The van der Waals surface area contributed by atoms with Crippen LogP contribution in [0.2, 0.25) is 0 Å². The van der Waals surface area contributed by atoms with E-state index in [9.17, 15) is 59.3 Å². The van der Waals surface area contributed by atoms with Crippen molar-refractivity contribution >= 4 is 84.6 Å². The van der Waals surface area contributed by atoms with E-state index in [0.29, 0.717) is 32.3 Å². The van der Waals surface area contributed by atoms with E-state index in [0.717, 1.165) is 6.07 Å². The Kier molecular flexibility index (Phi) is 6.55. The number of nitro benzene ring substituents is 1. The Hall–Kier alpha value is -6.96. The fourth-order valence-electron chi connectivity index (χ4n) is 5.87. The van der Waals surface area contributed by atoms with Crippen LogP contribution >= 0.6 is 0 Å². The fourth-order valence-corrected chi connectivity index (χ4v) is 5.87. The lowest BCUT2D eigenvalue weighted by atomic mass is 9.84. The molecule has 0 spiro atoms. The topological polar surface area (TPSA) is 236 Å². The van der Waals surface area contributed by atoms with Gasteiger partial charge < -0.3 is 25.2 Å². The molecule has 6 aromatic carbocycles. The second-order valence-corrected chi connectivity index (χ2v) is 10.00. The zero-order chi connectivity index (χ0) is 33.2. The van der Waals surface area contributed by atoms with Gasteiger partial charge in [-0.1, -0.05) is 30.3 Å². The monoisotopic (exact) mass is 621 g/mol. The van der Waals surface area contributed by atoms with Gasteiger partial charge >= 0.3 is 35.8 Å². The van der Waals surface area contributed by atoms with Crippen LogP contribution in [0.1, 0.15) is 62.1 Å². The number of carboxylic acids is 4. The molecule has 0 saturated carbocycles. The number of nitro groups is 1. The molecule has 0 atom stereocenters. The summed E-state index contributed by atoms with van der Waals surface area (Å²) in [5.74, 6) is -6.93. The van der Waals surface area contributed by atoms with Crippen molar-refractivity contribution in [2.24, 2.45) is 0 Å². The van der Waals surface area contributed by atoms with Gasteiger partial charge in [-0.25, -0.2) is 28.8 Å². The van der Waals surface area contributed by atoms with Gasteiger partial charge in [-0.15, -0.1) is 0 Å². The number of carbonyl (C=O) groups excluding carboxylic acids is 2. The van der Waals surface area contributed by atoms with Crippen LogP contribution in [0.4, 0.5) is 5.69 Å². The molecule has 0 aliphatic carbocycles. The Morgan fingerprint density at radius 3 is 1.24 bits per heavy atom. The van der Waals surface area contributed by atoms with Gasteiger partial charge in [-0.05, 0) is 62.6 Å². The predicted molar refractivity (Wildman–Crippen MR) is 158 cm³/mol. The molecule has 0 fully saturated rings. The number of carboxylic acid groups (broad SMARTS) is 4. The summed E-state index contributed by atoms with van der Waals surface area (Å²) >= 11 is 0. The third kappa shape index (κ3) is 4.20. The number of carbonyl (C=O) groups is 6. The Morgan fingerprint density at radius 2 is 0.913 bits per heavy atom. The minimum absolute atomic E-state index is 0.0517. The Morgan fingerprint density at radius 1 is 0.543 bits per heavy atom. The molecule has 0 radical (unpaired) electrons. The largest absolute Gasteiger partial charge is 0.478 e. The highest BCUT2D eigenvalue weighted by Gasteiger charge is 2.36. The van der Waals surface area contributed by atoms with E-state index in [2.05, 4.69) is 4.74 Å². The lowest BCUT2D eigenvalue weighted by molar-refractivity contribution is -0.385. The van der Waals surface area contributed by atoms with Gasteiger partial charge in [-0.3, -0.25) is 10.1 Å². The number of aromatic carboxylic acids is 4. The summed E-state index contributed by atoms with van der Waals surface area (Å²) < 4.78 is 4.24. The van der Waals surface area contributed by atoms with Gasteiger partial charge in [0.1, 0.15) is 0 Å². The SMILES string of the molecule is O=C(O)c1ccc2c3ccc(C(=O)O)c4c(C(=O)O)ccc(c5ccc(C(=O)O)c1c25)c43.O=C1OC(=O)c2c1cccc2[N+](=O)[O-]. The van der Waals surface area contributed by atoms with Crippen LogP contribution in [0.25, 0.3) is 43.1 Å². The van der Waals surface area contributed by atoms with Gasteiger partial charge in [0.05, 0.1) is 32.7 Å². The maximum absolute atomic E-state index is 11.9. The number of hydrogen-bond acceptors (Lipinski definition) is 9. The molecule has 1 aliphatic heterocycles. The first-order valence-corrected chi connectivity index (χ1v) is 13.0. The molecule has 46 heavy (non-hydrogen) atoms. The molecule has 0 aromatic heterocycles. The van der Waals surface area contributed by atoms with E-state index in [1.807, 2.05) is 0 Å². The zero-order valence-corrected chi connectivity index (χ0v) is 22.8. The first-order valence-electron chi connectivity index (χ1n) is 13.0. The summed E-state index contributed by atoms with van der Waals surface area (Å²) in [6.45, 7) is 0. The van der Waals surface area contributed by atoms with Crippen LogP contribution in [-0.2, 0) is 4.74 Å². The van der Waals surface area contributed by atoms with Crippen LogP contribution in [0.15, 0.2) is 66.7 Å². The Bertz CT molecular complexity index is 2180. The number of rotatable bonds is 5. The molecule has 1 heterocycles. The number of nitrogens with zero attached hydrogens (tertiary/aromatic N) is 1. The van der Waals surface area contributed by atoms with Crippen molar-refractivity contribution in [2.75, 3.05) is 0 Å². The molecule has 14 heteroatoms. The molecule has 0 amide bonds. The van der Waals surface area contributed by atoms with E-state index in [1.54, 1.807) is 0 Å². The number of fused-ring (bicyclic) bond motifs is 3. The molecule has 7 rings (SSSR count). The standard InChI is InChI=1S/C24H12O8.C8H3NO5/c25-21(26)13-5-1-9-10-2-6-15(23(29)30)20-16(24(31)32)8-4-12(18(10)20)11-3-7-14(22(27)28)19(13)17(9)11;10-7-4-2-1-3-5(9(12)13)6(4)8(11)14-7/h1-8H,(H,25,26)(H,27,28)(H,29,30)(H,31,32);1-3H. The average molecular weight is 621 g/mol. The lowest BCUT2D eigenvalue weighted by Crippen LogP contribution is -2.07. The fraction of sp³-hybridized carbons (Fsp3) is 0. The molecular weight excluding hydrogens is 606 g/mol. The minimum atomic E-state index is -1.28. The molecule has 1 aliphatic rings. The third-order valence-electron chi connectivity index (χ3n) is 7.67. The summed E-state index contributed by atoms with van der Waals surface area (Å²) in [6, 6.07) is 15.2. The first kappa shape index (κ1) is 29.1. The van der Waals surface area contributed by atoms with Crippen molar-refractivity contribution in [1.82, 2.24) is 0 Å². The maximum Gasteiger partial charge on any atom is 0.353 e. The highest BCUT2D eigenvalue weighted by Crippen LogP contribution is 2.44. The number of ether oxygens (including phenoxy) is 1. The van der Waals surface area contributed by atoms with E-state index in [1.165, 1.54) is 60.7 Å². The van der Waals surface area contributed by atoms with E-state index in [4.69, 9.17) is 0 Å². The van der Waals surface area contributed by atoms with Gasteiger partial charge in [0.2, 0.25) is 0 Å². The molecule has 4 N–H and O–H groups in total. The number of cyclic esters (lactones) is 2. The van der Waals surface area contributed by atoms with Gasteiger partial charge in [0, 0.05) is 16.8 Å². The summed E-state index contributed by atoms with van der Waals surface area (Å²) in [6.07, 6.45) is 0. The van der Waals surface area contributed by atoms with Crippen molar-refractivity contribution in [3.63, 3.8) is 0 Å². The minimum Gasteiger partial charge on any atom is -0.478 e. The van der Waals surface area contributed by atoms with Crippen LogP contribution in [0.3, 0.4) is 0 Å². The van der Waals surface area contributed by atoms with Crippen molar-refractivity contribution in [2.45, 2.75) is 0 Å². The third-order valence-corrected chi connectivity index (χ3v) is 7.67. The van der Waals surface area contributed by atoms with Crippen LogP contribution in [0, 0.1) is 10.1 Å². The summed E-state index contributed by atoms with van der Waals surface area (Å²) in [4.78, 5) is 79.3. The van der Waals surface area contributed by atoms with E-state index < -0.39 is 46.4 Å². The van der Waals surface area contributed by atoms with Gasteiger partial charge in [-0.2, -0.15) is 0 Å². The molecule has 226 valence electrons. The normalized spacial score (nSPS) is 12.2. The quantitative estimate of drug-likeness (QED) is 0.0469. The summed E-state index contributed by atoms with van der Waals surface area (Å²) in [5, 5.41) is 52.2. The number of benzene rings is 6. The Labute approximate surface area is 253 Å². The van der Waals surface area contributed by atoms with Crippen molar-refractivity contribution in [3.8, 4) is 0 Å². The molecular formula is C32H15NO13. The second-order valence-electron chi connectivity index (χ2n) is 10.00. The summed E-state index contributed by atoms with van der Waals surface area (Å²) in [5.41, 5.74) is -1.41. The number of hydrogen-bond donors (Lipinski definition) is 4. The van der Waals surface area contributed by atoms with Crippen LogP contribution in [-0.4, -0.2) is 61.2 Å². The smallest absolute Gasteiger partial charge is 0.353 e. The maximum atomic E-state index is 11.9. The van der Waals surface area contributed by atoms with Crippen LogP contribution in [0.5, 0.6) is 0 Å².